The van der Waals surface area contributed by atoms with Gasteiger partial charge in [-0.25, -0.2) is 14.8 Å². The molecule has 4 amide bonds. The van der Waals surface area contributed by atoms with E-state index in [9.17, 15) is 53.3 Å². The molecule has 2 saturated heterocycles. The van der Waals surface area contributed by atoms with Crippen molar-refractivity contribution in [2.24, 2.45) is 0 Å². The predicted octanol–water partition coefficient (Wildman–Crippen LogP) is 8.67. The fourth-order valence-corrected chi connectivity index (χ4v) is 13.9. The normalized spacial score (nSPS) is 16.4. The lowest BCUT2D eigenvalue weighted by Crippen LogP contribution is -2.36. The van der Waals surface area contributed by atoms with Gasteiger partial charge in [-0.2, -0.15) is 37.0 Å². The first-order valence-electron chi connectivity index (χ1n) is 27.6. The summed E-state index contributed by atoms with van der Waals surface area (Å²) in [5, 5.41) is 12.1. The number of nitrogens with zero attached hydrogens (tertiary/aromatic N) is 2. The van der Waals surface area contributed by atoms with Gasteiger partial charge in [-0.1, -0.05) is 55.0 Å². The number of thioether (sulfide) groups is 1. The molecule has 4 aliphatic rings. The van der Waals surface area contributed by atoms with E-state index in [1.165, 1.54) is 48.5 Å². The lowest BCUT2D eigenvalue weighted by molar-refractivity contribution is -0.121. The Hall–Kier alpha value is -8.31. The Morgan fingerprint density at radius 1 is 0.517 bits per heavy atom. The number of carbonyl (C=O) groups is 3. The van der Waals surface area contributed by atoms with Crippen LogP contribution in [-0.4, -0.2) is 139 Å². The number of carbonyl (C=O) groups excluding carboxylic acids is 3. The predicted molar refractivity (Wildman–Crippen MR) is 331 cm³/mol. The molecule has 3 aromatic heterocycles. The number of aromatic nitrogens is 4. The van der Waals surface area contributed by atoms with Crippen molar-refractivity contribution in [3.05, 3.63) is 150 Å². The van der Waals surface area contributed by atoms with E-state index >= 15 is 0 Å². The van der Waals surface area contributed by atoms with Crippen molar-refractivity contribution in [1.29, 1.82) is 0 Å². The number of unbranched alkanes of at least 4 members (excludes halogenated alkanes) is 1. The maximum absolute atomic E-state index is 13.5. The molecular formula is C61H58N8O14S4. The second kappa shape index (κ2) is 25.6. The summed E-state index contributed by atoms with van der Waals surface area (Å²) in [7, 11) is -13.7. The molecule has 22 nitrogen and oxygen atoms in total. The van der Waals surface area contributed by atoms with Crippen LogP contribution < -0.4 is 21.3 Å². The van der Waals surface area contributed by atoms with Gasteiger partial charge >= 0.3 is 6.03 Å². The third-order valence-electron chi connectivity index (χ3n) is 15.1. The number of fused-ring (bicyclic) bond motifs is 9. The third-order valence-corrected chi connectivity index (χ3v) is 19.2. The van der Waals surface area contributed by atoms with E-state index in [2.05, 4.69) is 31.2 Å². The lowest BCUT2D eigenvalue weighted by atomic mass is 10.0. The molecule has 450 valence electrons. The number of nitrogens with one attached hydrogen (secondary N) is 6. The van der Waals surface area contributed by atoms with Gasteiger partial charge in [-0.3, -0.25) is 23.2 Å². The van der Waals surface area contributed by atoms with Crippen molar-refractivity contribution in [1.82, 2.24) is 41.2 Å². The summed E-state index contributed by atoms with van der Waals surface area (Å²) in [6.07, 6.45) is 10.2. The van der Waals surface area contributed by atoms with E-state index in [-0.39, 0.29) is 64.4 Å². The average Bonchev–Trinajstić information content (AvgIpc) is 3.63. The van der Waals surface area contributed by atoms with E-state index in [0.717, 1.165) is 25.0 Å². The minimum atomic E-state index is -4.56. The first kappa shape index (κ1) is 60.4. The molecule has 8 bridgehead atoms. The largest absolute Gasteiger partial charge is 0.377 e. The minimum Gasteiger partial charge on any atom is -0.377 e. The number of hydrogen-bond acceptors (Lipinski definition) is 14. The van der Waals surface area contributed by atoms with Crippen molar-refractivity contribution in [2.45, 2.75) is 57.7 Å². The first-order chi connectivity index (χ1) is 41.7. The summed E-state index contributed by atoms with van der Waals surface area (Å²) in [6.45, 7) is 1.70. The van der Waals surface area contributed by atoms with Crippen molar-refractivity contribution in [3.8, 4) is 44.5 Å². The van der Waals surface area contributed by atoms with Crippen LogP contribution in [0, 0.1) is 0 Å². The highest BCUT2D eigenvalue weighted by Gasteiger charge is 2.42. The van der Waals surface area contributed by atoms with Gasteiger partial charge in [0, 0.05) is 80.4 Å². The van der Waals surface area contributed by atoms with Crippen LogP contribution in [0.2, 0.25) is 0 Å². The molecular weight excluding hydrogens is 1200 g/mol. The zero-order chi connectivity index (χ0) is 61.0. The zero-order valence-corrected chi connectivity index (χ0v) is 49.5. The fourth-order valence-electron chi connectivity index (χ4n) is 10.9. The number of amides is 4. The highest BCUT2D eigenvalue weighted by molar-refractivity contribution is 8.00. The van der Waals surface area contributed by atoms with Crippen LogP contribution in [-0.2, 0) is 44.6 Å². The zero-order valence-electron chi connectivity index (χ0n) is 46.2. The van der Waals surface area contributed by atoms with Crippen LogP contribution >= 0.6 is 11.8 Å². The first-order valence-corrected chi connectivity index (χ1v) is 33.0. The van der Waals surface area contributed by atoms with Gasteiger partial charge in [0.1, 0.15) is 0 Å². The second-order valence-corrected chi connectivity index (χ2v) is 26.3. The van der Waals surface area contributed by atoms with Gasteiger partial charge in [-0.05, 0) is 132 Å². The molecule has 4 aliphatic heterocycles. The second-order valence-electron chi connectivity index (χ2n) is 20.8. The summed E-state index contributed by atoms with van der Waals surface area (Å²) in [6, 6.07) is 31.3. The Kier molecular flexibility index (Phi) is 17.7. The molecule has 7 aromatic rings. The molecule has 7 heterocycles. The van der Waals surface area contributed by atoms with Crippen molar-refractivity contribution in [2.75, 3.05) is 45.3 Å². The number of aromatic amines is 2. The fraction of sp³-hybridized carbons (Fsp3) is 0.230. The number of hydrogen-bond donors (Lipinski definition) is 9. The van der Waals surface area contributed by atoms with Crippen molar-refractivity contribution < 1.29 is 62.8 Å². The van der Waals surface area contributed by atoms with E-state index in [1.54, 1.807) is 78.9 Å². The van der Waals surface area contributed by atoms with Crippen molar-refractivity contribution in [3.63, 3.8) is 0 Å². The summed E-state index contributed by atoms with van der Waals surface area (Å²) in [5.41, 5.74) is 8.55. The number of ether oxygens (including phenoxy) is 2. The Morgan fingerprint density at radius 2 is 0.908 bits per heavy atom. The monoisotopic (exact) mass is 1250 g/mol. The number of rotatable bonds is 22. The maximum atomic E-state index is 13.5. The highest BCUT2D eigenvalue weighted by Crippen LogP contribution is 2.40. The van der Waals surface area contributed by atoms with Crippen LogP contribution in [0.15, 0.2) is 136 Å². The Balaban J connectivity index is 0.854. The average molecular weight is 1260 g/mol. The summed E-state index contributed by atoms with van der Waals surface area (Å²) in [4.78, 5) is 53.9. The molecule has 0 aliphatic carbocycles. The van der Waals surface area contributed by atoms with Crippen LogP contribution in [0.25, 0.3) is 90.9 Å². The molecule has 26 heteroatoms. The van der Waals surface area contributed by atoms with Gasteiger partial charge in [0.25, 0.3) is 36.3 Å². The number of benzene rings is 4. The molecule has 2 fully saturated rings. The van der Waals surface area contributed by atoms with E-state index in [1.807, 2.05) is 30.0 Å². The Labute approximate surface area is 504 Å². The van der Waals surface area contributed by atoms with Gasteiger partial charge in [0.05, 0.1) is 76.0 Å². The van der Waals surface area contributed by atoms with E-state index < -0.39 is 30.4 Å². The molecule has 4 aromatic carbocycles. The smallest absolute Gasteiger partial charge is 0.315 e. The molecule has 0 saturated carbocycles. The third kappa shape index (κ3) is 13.9. The molecule has 0 unspecified atom stereocenters. The number of H-pyrrole nitrogens is 2. The van der Waals surface area contributed by atoms with Crippen LogP contribution in [0.1, 0.15) is 58.8 Å². The van der Waals surface area contributed by atoms with E-state index in [4.69, 9.17) is 19.4 Å². The quantitative estimate of drug-likeness (QED) is 0.0174. The van der Waals surface area contributed by atoms with Gasteiger partial charge < -0.3 is 40.7 Å². The maximum Gasteiger partial charge on any atom is 0.315 e. The number of urea groups is 1. The van der Waals surface area contributed by atoms with Crippen molar-refractivity contribution >= 4 is 106 Å². The lowest BCUT2D eigenvalue weighted by Gasteiger charge is -2.16. The Morgan fingerprint density at radius 3 is 1.31 bits per heavy atom. The minimum absolute atomic E-state index is 0.0363. The summed E-state index contributed by atoms with van der Waals surface area (Å²) < 4.78 is 114. The van der Waals surface area contributed by atoms with Crippen LogP contribution in [0.4, 0.5) is 4.79 Å². The Bertz CT molecular complexity index is 4330. The standard InChI is InChI=1S/C61H58N8O14S4/c70-54(4-2-1-3-53-59-52(35-84-53)68-61(72)69-59)62-29-31-82-33-34-83-32-30-63-60(71)40-7-5-36(6-8-40)55-44-21-23-46(64-44)56(37-9-15-41(16-10-37)85(73,74)75)48-25-27-50(66-48)58(39-13-19-43(20-14-39)87(79,80)81)51-28-26-49(67-51)57(47-24-22-45(55)65-47)38-11-17-42(18-12-38)86(76,77)78/h5-28,52-53,59,64,67H,1-4,29-35H2,(H,62,70)(H,63,71)(H2,68,69,72)(H,73,74,75)(H,76,77,78)(H,79,80,81)/t52-,53-,59-/m0/s1. The van der Waals surface area contributed by atoms with E-state index in [0.29, 0.717) is 126 Å². The van der Waals surface area contributed by atoms with Crippen LogP contribution in [0.3, 0.4) is 0 Å². The molecule has 11 rings (SSSR count). The van der Waals surface area contributed by atoms with Gasteiger partial charge in [0.2, 0.25) is 5.91 Å². The summed E-state index contributed by atoms with van der Waals surface area (Å²) >= 11 is 1.86. The van der Waals surface area contributed by atoms with Crippen LogP contribution in [0.5, 0.6) is 0 Å². The molecule has 9 N–H and O–H groups in total. The molecule has 87 heavy (non-hydrogen) atoms. The summed E-state index contributed by atoms with van der Waals surface area (Å²) in [5.74, 6) is 0.525. The molecule has 0 spiro atoms. The van der Waals surface area contributed by atoms with Gasteiger partial charge in [-0.15, -0.1) is 0 Å². The topological polar surface area (TPSA) is 338 Å². The molecule has 0 radical (unpaired) electrons. The highest BCUT2D eigenvalue weighted by atomic mass is 32.2. The SMILES string of the molecule is O=C(CCCC[C@@H]1SC[C@@H]2NC(=O)N[C@@H]21)NCCOCCOCCNC(=O)c1ccc(-c2c3nc(c(-c4ccc(S(=O)(=O)O)cc4)c4ccc([nH]4)c(-c4ccc(S(=O)(=O)O)cc4)c4nc(c(-c5ccc(S(=O)(=O)O)cc5)c5ccc2[nH]5)C=C4)C=C3)cc1. The van der Waals surface area contributed by atoms with Gasteiger partial charge in [0.15, 0.2) is 0 Å². The molecule has 3 atom stereocenters.